The number of cyclic esters (lactones) is 1. The Kier molecular flexibility index (Phi) is 5.86. The first-order valence-corrected chi connectivity index (χ1v) is 10.7. The van der Waals surface area contributed by atoms with E-state index in [-0.39, 0.29) is 35.9 Å². The summed E-state index contributed by atoms with van der Waals surface area (Å²) >= 11 is 0. The fraction of sp³-hybridized carbons (Fsp3) is 0.333. The lowest BCUT2D eigenvalue weighted by Gasteiger charge is -2.43. The number of aryl methyl sites for hydroxylation is 1. The minimum Gasteiger partial charge on any atom is -0.507 e. The molecule has 178 valence electrons. The van der Waals surface area contributed by atoms with Crippen LogP contribution in [0.5, 0.6) is 11.5 Å². The molecule has 10 nitrogen and oxygen atoms in total. The number of hydrogen-bond acceptors (Lipinski definition) is 10. The smallest absolute Gasteiger partial charge is 0.507 e. The standard InChI is InChI=1S/C24H22O10/c25-14-2-1-3-17(32-23-21(28)20(27)22-18(33-23)11-31-24(29)34-22)19(14)15(26)6-4-12-5-7-16-13(10-12)8-9-30-16/h1-3,5,7-10,18,20-23,25,27-28H,4,6,11H2. The molecule has 0 bridgehead atoms. The topological polar surface area (TPSA) is 145 Å². The minimum atomic E-state index is -1.58. The normalized spacial score (nSPS) is 26.4. The van der Waals surface area contributed by atoms with Crippen LogP contribution in [0.4, 0.5) is 4.79 Å². The number of aliphatic hydroxyl groups is 2. The van der Waals surface area contributed by atoms with E-state index in [9.17, 15) is 24.9 Å². The highest BCUT2D eigenvalue weighted by molar-refractivity contribution is 6.01. The summed E-state index contributed by atoms with van der Waals surface area (Å²) in [5.74, 6) is -0.677. The van der Waals surface area contributed by atoms with E-state index in [0.717, 1.165) is 16.5 Å². The van der Waals surface area contributed by atoms with E-state index in [1.54, 1.807) is 6.26 Å². The van der Waals surface area contributed by atoms with Crippen molar-refractivity contribution >= 4 is 22.9 Å². The van der Waals surface area contributed by atoms with Crippen LogP contribution in [-0.2, 0) is 20.6 Å². The zero-order chi connectivity index (χ0) is 23.8. The maximum atomic E-state index is 13.0. The monoisotopic (exact) mass is 470 g/mol. The van der Waals surface area contributed by atoms with Crippen molar-refractivity contribution in [3.63, 3.8) is 0 Å². The fourth-order valence-corrected chi connectivity index (χ4v) is 4.16. The van der Waals surface area contributed by atoms with Gasteiger partial charge < -0.3 is 38.7 Å². The lowest BCUT2D eigenvalue weighted by atomic mass is 9.98. The van der Waals surface area contributed by atoms with Gasteiger partial charge in [-0.15, -0.1) is 0 Å². The highest BCUT2D eigenvalue weighted by atomic mass is 16.8. The Labute approximate surface area is 193 Å². The van der Waals surface area contributed by atoms with Crippen molar-refractivity contribution in [2.24, 2.45) is 0 Å². The van der Waals surface area contributed by atoms with Gasteiger partial charge in [-0.25, -0.2) is 4.79 Å². The Morgan fingerprint density at radius 2 is 1.97 bits per heavy atom. The molecule has 0 saturated carbocycles. The fourth-order valence-electron chi connectivity index (χ4n) is 4.16. The molecule has 5 atom stereocenters. The molecule has 3 heterocycles. The third-order valence-electron chi connectivity index (χ3n) is 5.92. The van der Waals surface area contributed by atoms with Crippen LogP contribution in [0, 0.1) is 0 Å². The number of ketones is 1. The van der Waals surface area contributed by atoms with Crippen molar-refractivity contribution in [3.8, 4) is 11.5 Å². The molecule has 5 rings (SSSR count). The zero-order valence-corrected chi connectivity index (χ0v) is 17.8. The van der Waals surface area contributed by atoms with Crippen LogP contribution in [-0.4, -0.2) is 64.6 Å². The number of aliphatic hydroxyl groups excluding tert-OH is 2. The van der Waals surface area contributed by atoms with Crippen molar-refractivity contribution in [2.75, 3.05) is 6.61 Å². The molecule has 3 aromatic rings. The van der Waals surface area contributed by atoms with E-state index in [1.807, 2.05) is 24.3 Å². The van der Waals surface area contributed by atoms with Gasteiger partial charge in [0.25, 0.3) is 0 Å². The molecule has 0 amide bonds. The van der Waals surface area contributed by atoms with Gasteiger partial charge in [-0.05, 0) is 42.3 Å². The molecule has 2 saturated heterocycles. The van der Waals surface area contributed by atoms with E-state index < -0.39 is 36.9 Å². The van der Waals surface area contributed by atoms with E-state index in [2.05, 4.69) is 0 Å². The summed E-state index contributed by atoms with van der Waals surface area (Å²) in [6.07, 6.45) is -5.34. The maximum Gasteiger partial charge on any atom is 0.508 e. The predicted molar refractivity (Wildman–Crippen MR) is 114 cm³/mol. The lowest BCUT2D eigenvalue weighted by molar-refractivity contribution is -0.291. The van der Waals surface area contributed by atoms with E-state index in [1.165, 1.54) is 18.2 Å². The third-order valence-corrected chi connectivity index (χ3v) is 5.92. The van der Waals surface area contributed by atoms with Crippen LogP contribution in [0.15, 0.2) is 53.1 Å². The number of benzene rings is 2. The SMILES string of the molecule is O=C1OCC2OC(Oc3cccc(O)c3C(=O)CCc3ccc4occc4c3)C(O)C(O)C2O1. The molecule has 2 aromatic carbocycles. The number of aromatic hydroxyl groups is 1. The molecular weight excluding hydrogens is 448 g/mol. The minimum absolute atomic E-state index is 0.0151. The van der Waals surface area contributed by atoms with Gasteiger partial charge in [-0.1, -0.05) is 12.1 Å². The van der Waals surface area contributed by atoms with Crippen molar-refractivity contribution < 1.29 is 48.3 Å². The predicted octanol–water partition coefficient (Wildman–Crippen LogP) is 2.31. The second-order valence-electron chi connectivity index (χ2n) is 8.15. The average molecular weight is 470 g/mol. The van der Waals surface area contributed by atoms with Crippen molar-refractivity contribution in [2.45, 2.75) is 43.5 Å². The molecule has 34 heavy (non-hydrogen) atoms. The summed E-state index contributed by atoms with van der Waals surface area (Å²) in [4.78, 5) is 24.4. The second-order valence-corrected chi connectivity index (χ2v) is 8.15. The van der Waals surface area contributed by atoms with Crippen LogP contribution in [0.3, 0.4) is 0 Å². The van der Waals surface area contributed by atoms with Crippen molar-refractivity contribution in [1.82, 2.24) is 0 Å². The summed E-state index contributed by atoms with van der Waals surface area (Å²) in [5.41, 5.74) is 1.61. The van der Waals surface area contributed by atoms with Crippen LogP contribution in [0.2, 0.25) is 0 Å². The van der Waals surface area contributed by atoms with Gasteiger partial charge in [0.1, 0.15) is 47.6 Å². The Bertz CT molecular complexity index is 1220. The molecule has 2 aliphatic rings. The van der Waals surface area contributed by atoms with E-state index >= 15 is 0 Å². The Hall–Kier alpha value is -3.60. The molecule has 3 N–H and O–H groups in total. The van der Waals surface area contributed by atoms with Gasteiger partial charge in [-0.3, -0.25) is 4.79 Å². The number of rotatable bonds is 6. The second kappa shape index (κ2) is 8.98. The molecule has 0 aliphatic carbocycles. The van der Waals surface area contributed by atoms with Gasteiger partial charge in [0.2, 0.25) is 6.29 Å². The number of phenols is 1. The van der Waals surface area contributed by atoms with Crippen LogP contribution < -0.4 is 4.74 Å². The summed E-state index contributed by atoms with van der Waals surface area (Å²) in [6.45, 7) is -0.194. The molecule has 0 radical (unpaired) electrons. The number of fused-ring (bicyclic) bond motifs is 2. The summed E-state index contributed by atoms with van der Waals surface area (Å²) in [5, 5.41) is 32.2. The number of carbonyl (C=O) groups is 2. The number of Topliss-reactive ketones (excluding diaryl/α,β-unsaturated/α-hetero) is 1. The highest BCUT2D eigenvalue weighted by Gasteiger charge is 2.50. The number of phenolic OH excluding ortho intramolecular Hbond substituents is 1. The van der Waals surface area contributed by atoms with Gasteiger partial charge in [0, 0.05) is 11.8 Å². The van der Waals surface area contributed by atoms with Gasteiger partial charge in [-0.2, -0.15) is 0 Å². The lowest BCUT2D eigenvalue weighted by Crippen LogP contribution is -2.63. The maximum absolute atomic E-state index is 13.0. The van der Waals surface area contributed by atoms with Crippen molar-refractivity contribution in [1.29, 1.82) is 0 Å². The van der Waals surface area contributed by atoms with Gasteiger partial charge in [0.15, 0.2) is 11.9 Å². The molecule has 2 fully saturated rings. The van der Waals surface area contributed by atoms with Gasteiger partial charge >= 0.3 is 6.16 Å². The zero-order valence-electron chi connectivity index (χ0n) is 17.8. The molecule has 1 aromatic heterocycles. The summed E-state index contributed by atoms with van der Waals surface area (Å²) < 4.78 is 26.3. The molecule has 10 heteroatoms. The quantitative estimate of drug-likeness (QED) is 0.362. The Balaban J connectivity index is 1.32. The molecule has 0 spiro atoms. The van der Waals surface area contributed by atoms with Crippen LogP contribution >= 0.6 is 0 Å². The van der Waals surface area contributed by atoms with Crippen LogP contribution in [0.1, 0.15) is 22.3 Å². The number of ether oxygens (including phenoxy) is 4. The summed E-state index contributed by atoms with van der Waals surface area (Å²) in [7, 11) is 0. The molecular formula is C24H22O10. The highest BCUT2D eigenvalue weighted by Crippen LogP contribution is 2.34. The molecule has 2 aliphatic heterocycles. The first-order chi connectivity index (χ1) is 16.4. The first-order valence-electron chi connectivity index (χ1n) is 10.7. The number of furan rings is 1. The number of hydrogen-bond donors (Lipinski definition) is 3. The Morgan fingerprint density at radius 1 is 1.12 bits per heavy atom. The third kappa shape index (κ3) is 4.18. The summed E-state index contributed by atoms with van der Waals surface area (Å²) in [6, 6.07) is 11.8. The Morgan fingerprint density at radius 3 is 2.82 bits per heavy atom. The van der Waals surface area contributed by atoms with E-state index in [0.29, 0.717) is 6.42 Å². The van der Waals surface area contributed by atoms with Crippen molar-refractivity contribution in [3.05, 3.63) is 59.9 Å². The molecule has 5 unspecified atom stereocenters. The average Bonchev–Trinajstić information content (AvgIpc) is 3.29. The first kappa shape index (κ1) is 22.2. The number of carbonyl (C=O) groups excluding carboxylic acids is 2. The van der Waals surface area contributed by atoms with Gasteiger partial charge in [0.05, 0.1) is 6.26 Å². The van der Waals surface area contributed by atoms with Crippen LogP contribution in [0.25, 0.3) is 11.0 Å². The van der Waals surface area contributed by atoms with E-state index in [4.69, 9.17) is 23.4 Å². The largest absolute Gasteiger partial charge is 0.508 e.